The van der Waals surface area contributed by atoms with Gasteiger partial charge < -0.3 is 9.73 Å². The van der Waals surface area contributed by atoms with Gasteiger partial charge in [0.05, 0.1) is 6.42 Å². The number of benzene rings is 2. The second-order valence-electron chi connectivity index (χ2n) is 4.74. The molecule has 0 bridgehead atoms. The fraction of sp³-hybridized carbons (Fsp3) is 0.125. The van der Waals surface area contributed by atoms with Crippen LogP contribution < -0.4 is 5.32 Å². The number of halogens is 1. The molecule has 1 heterocycles. The first-order chi connectivity index (χ1) is 10.1. The van der Waals surface area contributed by atoms with Crippen molar-refractivity contribution in [3.63, 3.8) is 0 Å². The van der Waals surface area contributed by atoms with Crippen LogP contribution in [0.2, 0.25) is 5.02 Å². The Hall–Kier alpha value is -2.33. The zero-order valence-corrected chi connectivity index (χ0v) is 12.1. The molecule has 5 heteroatoms. The average Bonchev–Trinajstić information content (AvgIpc) is 2.82. The molecule has 106 valence electrons. The van der Waals surface area contributed by atoms with E-state index in [1.807, 2.05) is 24.3 Å². The standard InChI is InChI=1S/C16H13ClN2O2/c1-10(20)18-12-6-7-15-14(9-12)19-16(21-15)8-11-4-2-3-5-13(11)17/h2-7,9H,8H2,1H3,(H,18,20). The molecular weight excluding hydrogens is 288 g/mol. The number of nitrogens with zero attached hydrogens (tertiary/aromatic N) is 1. The maximum Gasteiger partial charge on any atom is 0.221 e. The maximum absolute atomic E-state index is 11.1. The second-order valence-corrected chi connectivity index (χ2v) is 5.15. The molecule has 0 unspecified atom stereocenters. The van der Waals surface area contributed by atoms with Crippen molar-refractivity contribution < 1.29 is 9.21 Å². The van der Waals surface area contributed by atoms with E-state index in [9.17, 15) is 4.79 Å². The third kappa shape index (κ3) is 3.06. The first-order valence-electron chi connectivity index (χ1n) is 6.52. The number of carbonyl (C=O) groups is 1. The molecule has 0 saturated heterocycles. The van der Waals surface area contributed by atoms with Crippen LogP contribution in [0.15, 0.2) is 46.9 Å². The lowest BCUT2D eigenvalue weighted by atomic mass is 10.1. The Balaban J connectivity index is 1.90. The molecule has 1 N–H and O–H groups in total. The largest absolute Gasteiger partial charge is 0.440 e. The molecule has 3 rings (SSSR count). The molecule has 21 heavy (non-hydrogen) atoms. The third-order valence-electron chi connectivity index (χ3n) is 3.05. The number of aromatic nitrogens is 1. The summed E-state index contributed by atoms with van der Waals surface area (Å²) in [5, 5.41) is 3.42. The molecule has 0 spiro atoms. The highest BCUT2D eigenvalue weighted by molar-refractivity contribution is 6.31. The van der Waals surface area contributed by atoms with Gasteiger partial charge in [0.25, 0.3) is 0 Å². The van der Waals surface area contributed by atoms with E-state index in [1.165, 1.54) is 6.92 Å². The van der Waals surface area contributed by atoms with Crippen molar-refractivity contribution in [2.45, 2.75) is 13.3 Å². The van der Waals surface area contributed by atoms with Crippen molar-refractivity contribution in [3.8, 4) is 0 Å². The highest BCUT2D eigenvalue weighted by Gasteiger charge is 2.09. The highest BCUT2D eigenvalue weighted by Crippen LogP contribution is 2.23. The molecule has 1 amide bonds. The van der Waals surface area contributed by atoms with Crippen LogP contribution in [0.3, 0.4) is 0 Å². The normalized spacial score (nSPS) is 10.8. The zero-order valence-electron chi connectivity index (χ0n) is 11.4. The van der Waals surface area contributed by atoms with Gasteiger partial charge in [-0.2, -0.15) is 0 Å². The summed E-state index contributed by atoms with van der Waals surface area (Å²) < 4.78 is 5.70. The van der Waals surface area contributed by atoms with Crippen molar-refractivity contribution in [1.29, 1.82) is 0 Å². The van der Waals surface area contributed by atoms with Crippen LogP contribution in [0.1, 0.15) is 18.4 Å². The van der Waals surface area contributed by atoms with Crippen LogP contribution >= 0.6 is 11.6 Å². The fourth-order valence-electron chi connectivity index (χ4n) is 2.14. The minimum Gasteiger partial charge on any atom is -0.440 e. The SMILES string of the molecule is CC(=O)Nc1ccc2oc(Cc3ccccc3Cl)nc2c1. The molecule has 0 aliphatic carbocycles. The highest BCUT2D eigenvalue weighted by atomic mass is 35.5. The number of fused-ring (bicyclic) bond motifs is 1. The number of rotatable bonds is 3. The van der Waals surface area contributed by atoms with E-state index >= 15 is 0 Å². The molecule has 2 aromatic carbocycles. The van der Waals surface area contributed by atoms with Gasteiger partial charge in [-0.1, -0.05) is 29.8 Å². The van der Waals surface area contributed by atoms with Crippen LogP contribution in [0, 0.1) is 0 Å². The summed E-state index contributed by atoms with van der Waals surface area (Å²) in [5.74, 6) is 0.479. The van der Waals surface area contributed by atoms with Gasteiger partial charge in [-0.3, -0.25) is 4.79 Å². The van der Waals surface area contributed by atoms with Gasteiger partial charge in [-0.25, -0.2) is 4.98 Å². The first-order valence-corrected chi connectivity index (χ1v) is 6.90. The summed E-state index contributed by atoms with van der Waals surface area (Å²) in [7, 11) is 0. The molecule has 0 fully saturated rings. The van der Waals surface area contributed by atoms with E-state index in [4.69, 9.17) is 16.0 Å². The van der Waals surface area contributed by atoms with Crippen LogP contribution in [-0.2, 0) is 11.2 Å². The lowest BCUT2D eigenvalue weighted by Gasteiger charge is -1.99. The summed E-state index contributed by atoms with van der Waals surface area (Å²) in [6.07, 6.45) is 0.532. The van der Waals surface area contributed by atoms with Crippen molar-refractivity contribution in [1.82, 2.24) is 4.98 Å². The van der Waals surface area contributed by atoms with Gasteiger partial charge in [0.15, 0.2) is 11.5 Å². The molecular formula is C16H13ClN2O2. The molecule has 0 saturated carbocycles. The quantitative estimate of drug-likeness (QED) is 0.794. The molecule has 4 nitrogen and oxygen atoms in total. The number of amides is 1. The molecule has 0 aliphatic heterocycles. The predicted molar refractivity (Wildman–Crippen MR) is 82.6 cm³/mol. The number of nitrogens with one attached hydrogen (secondary N) is 1. The van der Waals surface area contributed by atoms with E-state index in [-0.39, 0.29) is 5.91 Å². The Kier molecular flexibility index (Phi) is 3.62. The van der Waals surface area contributed by atoms with Crippen LogP contribution in [0.5, 0.6) is 0 Å². The summed E-state index contributed by atoms with van der Waals surface area (Å²) in [5.41, 5.74) is 3.06. The second kappa shape index (κ2) is 5.58. The Morgan fingerprint density at radius 1 is 1.29 bits per heavy atom. The fourth-order valence-corrected chi connectivity index (χ4v) is 2.34. The molecule has 0 atom stereocenters. The Morgan fingerprint density at radius 3 is 2.86 bits per heavy atom. The van der Waals surface area contributed by atoms with E-state index < -0.39 is 0 Å². The van der Waals surface area contributed by atoms with Gasteiger partial charge in [0.2, 0.25) is 5.91 Å². The van der Waals surface area contributed by atoms with Crippen LogP contribution in [0.25, 0.3) is 11.1 Å². The minimum atomic E-state index is -0.117. The van der Waals surface area contributed by atoms with E-state index in [0.29, 0.717) is 34.1 Å². The minimum absolute atomic E-state index is 0.117. The molecule has 1 aromatic heterocycles. The maximum atomic E-state index is 11.1. The number of oxazole rings is 1. The average molecular weight is 301 g/mol. The lowest BCUT2D eigenvalue weighted by Crippen LogP contribution is -2.05. The molecule has 0 aliphatic rings. The Labute approximate surface area is 126 Å². The van der Waals surface area contributed by atoms with E-state index in [0.717, 1.165) is 5.56 Å². The van der Waals surface area contributed by atoms with Gasteiger partial charge in [-0.05, 0) is 29.8 Å². The summed E-state index contributed by atoms with van der Waals surface area (Å²) >= 11 is 6.14. The lowest BCUT2D eigenvalue weighted by molar-refractivity contribution is -0.114. The topological polar surface area (TPSA) is 55.1 Å². The summed E-state index contributed by atoms with van der Waals surface area (Å²) in [4.78, 5) is 15.5. The van der Waals surface area contributed by atoms with Gasteiger partial charge >= 0.3 is 0 Å². The van der Waals surface area contributed by atoms with Crippen molar-refractivity contribution in [3.05, 3.63) is 58.9 Å². The van der Waals surface area contributed by atoms with E-state index in [2.05, 4.69) is 10.3 Å². The van der Waals surface area contributed by atoms with Crippen molar-refractivity contribution >= 4 is 34.3 Å². The summed E-state index contributed by atoms with van der Waals surface area (Å²) in [6, 6.07) is 13.0. The van der Waals surface area contributed by atoms with Gasteiger partial charge in [-0.15, -0.1) is 0 Å². The van der Waals surface area contributed by atoms with Gasteiger partial charge in [0.1, 0.15) is 5.52 Å². The Bertz CT molecular complexity index is 811. The Morgan fingerprint density at radius 2 is 2.10 bits per heavy atom. The van der Waals surface area contributed by atoms with Crippen molar-refractivity contribution in [2.75, 3.05) is 5.32 Å². The number of carbonyl (C=O) groups excluding carboxylic acids is 1. The smallest absolute Gasteiger partial charge is 0.221 e. The molecule has 3 aromatic rings. The van der Waals surface area contributed by atoms with Crippen LogP contribution in [-0.4, -0.2) is 10.9 Å². The monoisotopic (exact) mass is 300 g/mol. The summed E-state index contributed by atoms with van der Waals surface area (Å²) in [6.45, 7) is 1.47. The van der Waals surface area contributed by atoms with Crippen LogP contribution in [0.4, 0.5) is 5.69 Å². The molecule has 0 radical (unpaired) electrons. The first kappa shape index (κ1) is 13.6. The third-order valence-corrected chi connectivity index (χ3v) is 3.42. The number of hydrogen-bond donors (Lipinski definition) is 1. The van der Waals surface area contributed by atoms with E-state index in [1.54, 1.807) is 18.2 Å². The van der Waals surface area contributed by atoms with Crippen molar-refractivity contribution in [2.24, 2.45) is 0 Å². The predicted octanol–water partition coefficient (Wildman–Crippen LogP) is 4.03. The number of hydrogen-bond acceptors (Lipinski definition) is 3. The number of anilines is 1. The zero-order chi connectivity index (χ0) is 14.8. The van der Waals surface area contributed by atoms with Gasteiger partial charge in [0, 0.05) is 17.6 Å².